The van der Waals surface area contributed by atoms with Gasteiger partial charge in [0.2, 0.25) is 0 Å². The van der Waals surface area contributed by atoms with Gasteiger partial charge in [-0.25, -0.2) is 0 Å². The fourth-order valence-corrected chi connectivity index (χ4v) is 2.48. The largest absolute Gasteiger partial charge is 0.496 e. The summed E-state index contributed by atoms with van der Waals surface area (Å²) in [6, 6.07) is 5.36. The van der Waals surface area contributed by atoms with Gasteiger partial charge in [0.25, 0.3) is 0 Å². The van der Waals surface area contributed by atoms with E-state index in [1.54, 1.807) is 13.2 Å². The average molecular weight is 267 g/mol. The van der Waals surface area contributed by atoms with E-state index in [1.807, 2.05) is 13.0 Å². The molecule has 1 heterocycles. The van der Waals surface area contributed by atoms with Crippen LogP contribution in [0.1, 0.15) is 17.2 Å². The van der Waals surface area contributed by atoms with Gasteiger partial charge < -0.3 is 15.2 Å². The zero-order valence-electron chi connectivity index (χ0n) is 10.4. The number of ether oxygens (including phenoxy) is 2. The van der Waals surface area contributed by atoms with E-state index < -0.39 is 11.5 Å². The monoisotopic (exact) mass is 266 g/mol. The van der Waals surface area contributed by atoms with Gasteiger partial charge in [0.05, 0.1) is 32.4 Å². The van der Waals surface area contributed by atoms with Crippen LogP contribution in [0.5, 0.6) is 5.75 Å². The number of rotatable bonds is 3. The van der Waals surface area contributed by atoms with Crippen LogP contribution in [0.25, 0.3) is 0 Å². The third-order valence-corrected chi connectivity index (χ3v) is 3.56. The summed E-state index contributed by atoms with van der Waals surface area (Å²) < 4.78 is 10.5. The summed E-state index contributed by atoms with van der Waals surface area (Å²) in [6.45, 7) is 2.59. The Morgan fingerprint density at radius 2 is 2.22 bits per heavy atom. The van der Waals surface area contributed by atoms with Crippen molar-refractivity contribution >= 4 is 11.6 Å². The first-order valence-electron chi connectivity index (χ1n) is 5.62. The van der Waals surface area contributed by atoms with Crippen molar-refractivity contribution in [2.75, 3.05) is 20.3 Å². The first kappa shape index (κ1) is 13.2. The lowest BCUT2D eigenvalue weighted by Gasteiger charge is -2.40. The number of hydrogen-bond acceptors (Lipinski definition) is 4. The molecule has 0 radical (unpaired) electrons. The van der Waals surface area contributed by atoms with Crippen LogP contribution in [0.4, 0.5) is 0 Å². The van der Waals surface area contributed by atoms with Crippen molar-refractivity contribution in [1.82, 2.24) is 0 Å². The van der Waals surface area contributed by atoms with Crippen LogP contribution < -0.4 is 10.5 Å². The van der Waals surface area contributed by atoms with Crippen molar-refractivity contribution in [2.45, 2.75) is 13.0 Å². The molecule has 1 unspecified atom stereocenters. The molecule has 0 amide bonds. The fraction of sp³-hybridized carbons (Fsp3) is 0.462. The molecule has 4 nitrogen and oxygen atoms in total. The van der Waals surface area contributed by atoms with E-state index in [2.05, 4.69) is 6.07 Å². The van der Waals surface area contributed by atoms with Gasteiger partial charge in [0, 0.05) is 10.6 Å². The SMILES string of the molecule is COc1c(C)cc(Cl)cc1C(N)C1(C#N)COC1. The lowest BCUT2D eigenvalue weighted by molar-refractivity contribution is -0.0913. The molecule has 0 bridgehead atoms. The predicted octanol–water partition coefficient (Wildman–Crippen LogP) is 2.20. The van der Waals surface area contributed by atoms with Crippen LogP contribution in [-0.4, -0.2) is 20.3 Å². The molecule has 0 saturated carbocycles. The number of hydrogen-bond donors (Lipinski definition) is 1. The van der Waals surface area contributed by atoms with Gasteiger partial charge in [-0.05, 0) is 24.6 Å². The van der Waals surface area contributed by atoms with Crippen molar-refractivity contribution in [1.29, 1.82) is 5.26 Å². The standard InChI is InChI=1S/C13H15ClN2O2/c1-8-3-9(14)4-10(11(8)17-2)12(16)13(5-15)6-18-7-13/h3-4,12H,6-7,16H2,1-2H3. The number of halogens is 1. The lowest BCUT2D eigenvalue weighted by atomic mass is 9.76. The number of nitrogens with two attached hydrogens (primary N) is 1. The summed E-state index contributed by atoms with van der Waals surface area (Å²) in [4.78, 5) is 0. The molecule has 1 aromatic rings. The first-order valence-corrected chi connectivity index (χ1v) is 6.00. The second-order valence-electron chi connectivity index (χ2n) is 4.58. The van der Waals surface area contributed by atoms with E-state index >= 15 is 0 Å². The molecule has 2 N–H and O–H groups in total. The molecule has 1 atom stereocenters. The molecule has 1 aliphatic rings. The molecule has 0 aromatic heterocycles. The lowest BCUT2D eigenvalue weighted by Crippen LogP contribution is -2.49. The molecule has 0 spiro atoms. The molecule has 18 heavy (non-hydrogen) atoms. The Morgan fingerprint density at radius 3 is 2.67 bits per heavy atom. The topological polar surface area (TPSA) is 68.3 Å². The molecular formula is C13H15ClN2O2. The quantitative estimate of drug-likeness (QED) is 0.911. The molecule has 0 aliphatic carbocycles. The normalized spacial score (nSPS) is 18.6. The van der Waals surface area contributed by atoms with Crippen molar-refractivity contribution in [3.63, 3.8) is 0 Å². The Bertz CT molecular complexity index is 506. The number of benzene rings is 1. The average Bonchev–Trinajstić information content (AvgIpc) is 2.27. The minimum absolute atomic E-state index is 0.347. The Labute approximate surface area is 111 Å². The Hall–Kier alpha value is -1.28. The van der Waals surface area contributed by atoms with Crippen LogP contribution in [0.15, 0.2) is 12.1 Å². The third-order valence-electron chi connectivity index (χ3n) is 3.34. The van der Waals surface area contributed by atoms with Crippen molar-refractivity contribution in [3.05, 3.63) is 28.3 Å². The second kappa shape index (κ2) is 4.77. The van der Waals surface area contributed by atoms with E-state index in [-0.39, 0.29) is 0 Å². The Morgan fingerprint density at radius 1 is 1.56 bits per heavy atom. The zero-order valence-corrected chi connectivity index (χ0v) is 11.1. The van der Waals surface area contributed by atoms with Gasteiger partial charge in [-0.15, -0.1) is 0 Å². The van der Waals surface area contributed by atoms with Gasteiger partial charge in [0.1, 0.15) is 11.2 Å². The van der Waals surface area contributed by atoms with Crippen molar-refractivity contribution in [3.8, 4) is 11.8 Å². The molecular weight excluding hydrogens is 252 g/mol. The molecule has 5 heteroatoms. The van der Waals surface area contributed by atoms with E-state index in [0.717, 1.165) is 11.1 Å². The van der Waals surface area contributed by atoms with Crippen LogP contribution in [0.3, 0.4) is 0 Å². The molecule has 1 aromatic carbocycles. The van der Waals surface area contributed by atoms with E-state index in [0.29, 0.717) is 24.0 Å². The molecule has 1 aliphatic heterocycles. The van der Waals surface area contributed by atoms with Crippen molar-refractivity contribution in [2.24, 2.45) is 11.1 Å². The predicted molar refractivity (Wildman–Crippen MR) is 68.5 cm³/mol. The summed E-state index contributed by atoms with van der Waals surface area (Å²) in [5, 5.41) is 9.88. The minimum atomic E-state index is -0.676. The Kier molecular flexibility index (Phi) is 3.49. The van der Waals surface area contributed by atoms with Crippen LogP contribution in [0, 0.1) is 23.7 Å². The van der Waals surface area contributed by atoms with Crippen LogP contribution in [-0.2, 0) is 4.74 Å². The molecule has 2 rings (SSSR count). The van der Waals surface area contributed by atoms with Crippen LogP contribution in [0.2, 0.25) is 5.02 Å². The summed E-state index contributed by atoms with van der Waals surface area (Å²) in [7, 11) is 1.59. The highest BCUT2D eigenvalue weighted by Crippen LogP contribution is 2.43. The smallest absolute Gasteiger partial charge is 0.126 e. The summed E-state index contributed by atoms with van der Waals surface area (Å²) in [5.41, 5.74) is 7.21. The second-order valence-corrected chi connectivity index (χ2v) is 5.02. The highest BCUT2D eigenvalue weighted by atomic mass is 35.5. The number of nitrogens with zero attached hydrogens (tertiary/aromatic N) is 1. The van der Waals surface area contributed by atoms with Gasteiger partial charge in [-0.2, -0.15) is 5.26 Å². The fourth-order valence-electron chi connectivity index (χ4n) is 2.20. The third kappa shape index (κ3) is 1.95. The van der Waals surface area contributed by atoms with Gasteiger partial charge in [-0.3, -0.25) is 0 Å². The minimum Gasteiger partial charge on any atom is -0.496 e. The van der Waals surface area contributed by atoms with Crippen LogP contribution >= 0.6 is 11.6 Å². The van der Waals surface area contributed by atoms with Gasteiger partial charge >= 0.3 is 0 Å². The number of nitriles is 1. The summed E-state index contributed by atoms with van der Waals surface area (Å²) in [6.07, 6.45) is 0. The molecule has 96 valence electrons. The van der Waals surface area contributed by atoms with E-state index in [9.17, 15) is 5.26 Å². The summed E-state index contributed by atoms with van der Waals surface area (Å²) >= 11 is 6.05. The van der Waals surface area contributed by atoms with E-state index in [4.69, 9.17) is 26.8 Å². The Balaban J connectivity index is 2.47. The van der Waals surface area contributed by atoms with Gasteiger partial charge in [0.15, 0.2) is 0 Å². The van der Waals surface area contributed by atoms with E-state index in [1.165, 1.54) is 0 Å². The van der Waals surface area contributed by atoms with Gasteiger partial charge in [-0.1, -0.05) is 11.6 Å². The van der Waals surface area contributed by atoms with Crippen molar-refractivity contribution < 1.29 is 9.47 Å². The molecule has 1 fully saturated rings. The highest BCUT2D eigenvalue weighted by molar-refractivity contribution is 6.30. The zero-order chi connectivity index (χ0) is 13.3. The maximum Gasteiger partial charge on any atom is 0.126 e. The summed E-state index contributed by atoms with van der Waals surface area (Å²) in [5.74, 6) is 0.688. The maximum atomic E-state index is 9.29. The molecule has 1 saturated heterocycles. The number of methoxy groups -OCH3 is 1. The highest BCUT2D eigenvalue weighted by Gasteiger charge is 2.46. The first-order chi connectivity index (χ1) is 8.54. The number of aryl methyl sites for hydroxylation is 1. The maximum absolute atomic E-state index is 9.29.